The van der Waals surface area contributed by atoms with Crippen LogP contribution in [-0.4, -0.2) is 33.0 Å². The lowest BCUT2D eigenvalue weighted by atomic mass is 9.86. The predicted octanol–water partition coefficient (Wildman–Crippen LogP) is 0.785. The lowest BCUT2D eigenvalue weighted by molar-refractivity contribution is -0.0724. The summed E-state index contributed by atoms with van der Waals surface area (Å²) in [5.74, 6) is 6.63. The minimum atomic E-state index is -0.255. The van der Waals surface area contributed by atoms with Gasteiger partial charge in [0.05, 0.1) is 11.6 Å². The molecule has 3 N–H and O–H groups in total. The molecule has 0 aromatic carbocycles. The largest absolute Gasteiger partial charge is 0.374 e. The van der Waals surface area contributed by atoms with Gasteiger partial charge in [0.1, 0.15) is 12.2 Å². The molecule has 0 aliphatic carbocycles. The van der Waals surface area contributed by atoms with E-state index in [0.717, 1.165) is 18.7 Å². The Labute approximate surface area is 109 Å². The van der Waals surface area contributed by atoms with E-state index in [1.54, 1.807) is 11.0 Å². The zero-order valence-corrected chi connectivity index (χ0v) is 11.8. The third kappa shape index (κ3) is 3.07. The fourth-order valence-corrected chi connectivity index (χ4v) is 2.42. The Kier molecular flexibility index (Phi) is 5.71. The molecule has 0 radical (unpaired) electrons. The molecule has 6 nitrogen and oxygen atoms in total. The Morgan fingerprint density at radius 2 is 2.11 bits per heavy atom. The number of hydrogen-bond donors (Lipinski definition) is 2. The van der Waals surface area contributed by atoms with Crippen LogP contribution in [-0.2, 0) is 18.2 Å². The van der Waals surface area contributed by atoms with Crippen molar-refractivity contribution in [3.63, 3.8) is 0 Å². The summed E-state index contributed by atoms with van der Waals surface area (Å²) in [5, 5.41) is 4.08. The van der Waals surface area contributed by atoms with Gasteiger partial charge in [-0.2, -0.15) is 5.10 Å². The number of nitrogens with two attached hydrogens (primary N) is 1. The summed E-state index contributed by atoms with van der Waals surface area (Å²) >= 11 is 0. The van der Waals surface area contributed by atoms with E-state index >= 15 is 0 Å². The first-order chi connectivity index (χ1) is 8.63. The van der Waals surface area contributed by atoms with Crippen molar-refractivity contribution >= 4 is 0 Å². The molecule has 0 bridgehead atoms. The van der Waals surface area contributed by atoms with Gasteiger partial charge in [0.2, 0.25) is 0 Å². The van der Waals surface area contributed by atoms with Crippen LogP contribution in [0.3, 0.4) is 0 Å². The normalized spacial score (nSPS) is 13.8. The van der Waals surface area contributed by atoms with Gasteiger partial charge < -0.3 is 4.74 Å². The van der Waals surface area contributed by atoms with E-state index in [1.165, 1.54) is 0 Å². The van der Waals surface area contributed by atoms with Crippen molar-refractivity contribution in [1.29, 1.82) is 0 Å². The van der Waals surface area contributed by atoms with Crippen molar-refractivity contribution in [3.05, 3.63) is 12.2 Å². The summed E-state index contributed by atoms with van der Waals surface area (Å²) in [5.41, 5.74) is 2.63. The highest BCUT2D eigenvalue weighted by atomic mass is 16.5. The standard InChI is InChI=1S/C12H25N5O/c1-5-12(6-2,18-7-3)10(16-13)8-11-14-9-15-17(11)4/h9-10,16H,5-8,13H2,1-4H3. The van der Waals surface area contributed by atoms with Crippen molar-refractivity contribution in [3.8, 4) is 0 Å². The molecule has 1 unspecified atom stereocenters. The fourth-order valence-electron chi connectivity index (χ4n) is 2.42. The highest BCUT2D eigenvalue weighted by Gasteiger charge is 2.36. The predicted molar refractivity (Wildman–Crippen MR) is 70.8 cm³/mol. The molecule has 0 amide bonds. The third-order valence-corrected chi connectivity index (χ3v) is 3.66. The molecule has 104 valence electrons. The van der Waals surface area contributed by atoms with Crippen LogP contribution in [0.4, 0.5) is 0 Å². The van der Waals surface area contributed by atoms with Gasteiger partial charge in [-0.05, 0) is 19.8 Å². The zero-order valence-electron chi connectivity index (χ0n) is 11.8. The lowest BCUT2D eigenvalue weighted by Gasteiger charge is -2.38. The van der Waals surface area contributed by atoms with Crippen LogP contribution in [0.1, 0.15) is 39.4 Å². The first-order valence-corrected chi connectivity index (χ1v) is 6.56. The summed E-state index contributed by atoms with van der Waals surface area (Å²) in [6.45, 7) is 6.94. The summed E-state index contributed by atoms with van der Waals surface area (Å²) < 4.78 is 7.74. The van der Waals surface area contributed by atoms with Gasteiger partial charge >= 0.3 is 0 Å². The van der Waals surface area contributed by atoms with E-state index in [9.17, 15) is 0 Å². The number of rotatable bonds is 8. The van der Waals surface area contributed by atoms with E-state index in [1.807, 2.05) is 14.0 Å². The van der Waals surface area contributed by atoms with E-state index < -0.39 is 0 Å². The first kappa shape index (κ1) is 15.1. The highest BCUT2D eigenvalue weighted by molar-refractivity contribution is 4.98. The van der Waals surface area contributed by atoms with Gasteiger partial charge in [0.15, 0.2) is 0 Å². The lowest BCUT2D eigenvalue weighted by Crippen LogP contribution is -2.55. The summed E-state index contributed by atoms with van der Waals surface area (Å²) in [7, 11) is 1.89. The maximum Gasteiger partial charge on any atom is 0.138 e. The van der Waals surface area contributed by atoms with Crippen LogP contribution >= 0.6 is 0 Å². The monoisotopic (exact) mass is 255 g/mol. The zero-order chi connectivity index (χ0) is 13.6. The number of aromatic nitrogens is 3. The molecule has 1 rings (SSSR count). The van der Waals surface area contributed by atoms with Crippen LogP contribution in [0.2, 0.25) is 0 Å². The average molecular weight is 255 g/mol. The molecule has 0 spiro atoms. The number of hydrogen-bond acceptors (Lipinski definition) is 5. The summed E-state index contributed by atoms with van der Waals surface area (Å²) in [6, 6.07) is 0.0235. The van der Waals surface area contributed by atoms with E-state index in [-0.39, 0.29) is 11.6 Å². The molecule has 0 saturated carbocycles. The SMILES string of the molecule is CCOC(CC)(CC)C(Cc1ncnn1C)NN. The van der Waals surface area contributed by atoms with E-state index in [2.05, 4.69) is 29.4 Å². The first-order valence-electron chi connectivity index (χ1n) is 6.56. The van der Waals surface area contributed by atoms with Crippen molar-refractivity contribution in [2.45, 2.75) is 51.7 Å². The Morgan fingerprint density at radius 1 is 1.44 bits per heavy atom. The third-order valence-electron chi connectivity index (χ3n) is 3.66. The second-order valence-electron chi connectivity index (χ2n) is 4.43. The Morgan fingerprint density at radius 3 is 2.50 bits per heavy atom. The quantitative estimate of drug-likeness (QED) is 0.530. The van der Waals surface area contributed by atoms with E-state index in [4.69, 9.17) is 10.6 Å². The van der Waals surface area contributed by atoms with Gasteiger partial charge in [-0.3, -0.25) is 16.0 Å². The van der Waals surface area contributed by atoms with Gasteiger partial charge in [-0.25, -0.2) is 4.98 Å². The van der Waals surface area contributed by atoms with E-state index in [0.29, 0.717) is 13.0 Å². The fraction of sp³-hybridized carbons (Fsp3) is 0.833. The van der Waals surface area contributed by atoms with Crippen molar-refractivity contribution in [2.75, 3.05) is 6.61 Å². The van der Waals surface area contributed by atoms with Crippen LogP contribution < -0.4 is 11.3 Å². The van der Waals surface area contributed by atoms with Crippen LogP contribution in [0.5, 0.6) is 0 Å². The molecule has 0 fully saturated rings. The van der Waals surface area contributed by atoms with Gasteiger partial charge in [-0.15, -0.1) is 0 Å². The molecule has 1 aromatic rings. The molecule has 18 heavy (non-hydrogen) atoms. The van der Waals surface area contributed by atoms with Crippen LogP contribution in [0.25, 0.3) is 0 Å². The Hall–Kier alpha value is -0.980. The molecule has 0 aliphatic rings. The summed E-state index contributed by atoms with van der Waals surface area (Å²) in [4.78, 5) is 4.25. The second kappa shape index (κ2) is 6.82. The molecule has 1 aromatic heterocycles. The minimum Gasteiger partial charge on any atom is -0.374 e. The topological polar surface area (TPSA) is 78.0 Å². The molecule has 0 aliphatic heterocycles. The second-order valence-corrected chi connectivity index (χ2v) is 4.43. The molecular weight excluding hydrogens is 230 g/mol. The van der Waals surface area contributed by atoms with Crippen molar-refractivity contribution < 1.29 is 4.74 Å². The molecular formula is C12H25N5O. The summed E-state index contributed by atoms with van der Waals surface area (Å²) in [6.07, 6.45) is 4.08. The van der Waals surface area contributed by atoms with Crippen molar-refractivity contribution in [1.82, 2.24) is 20.2 Å². The minimum absolute atomic E-state index is 0.0235. The number of ether oxygens (including phenoxy) is 1. The van der Waals surface area contributed by atoms with Crippen LogP contribution in [0.15, 0.2) is 6.33 Å². The molecule has 0 saturated heterocycles. The Balaban J connectivity index is 2.88. The highest BCUT2D eigenvalue weighted by Crippen LogP contribution is 2.26. The van der Waals surface area contributed by atoms with Gasteiger partial charge in [0.25, 0.3) is 0 Å². The maximum atomic E-state index is 5.97. The van der Waals surface area contributed by atoms with Gasteiger partial charge in [0, 0.05) is 20.1 Å². The molecule has 1 heterocycles. The number of nitrogens with zero attached hydrogens (tertiary/aromatic N) is 3. The molecule has 6 heteroatoms. The number of aryl methyl sites for hydroxylation is 1. The maximum absolute atomic E-state index is 5.97. The van der Waals surface area contributed by atoms with Crippen molar-refractivity contribution in [2.24, 2.45) is 12.9 Å². The Bertz CT molecular complexity index is 348. The number of nitrogens with one attached hydrogen (secondary N) is 1. The van der Waals surface area contributed by atoms with Crippen LogP contribution in [0, 0.1) is 0 Å². The average Bonchev–Trinajstić information content (AvgIpc) is 2.79. The molecule has 1 atom stereocenters. The van der Waals surface area contributed by atoms with Gasteiger partial charge in [-0.1, -0.05) is 13.8 Å². The number of hydrazine groups is 1. The smallest absolute Gasteiger partial charge is 0.138 e.